The Hall–Kier alpha value is -1.42. The lowest BCUT2D eigenvalue weighted by Gasteiger charge is -2.24. The molecule has 3 rings (SSSR count). The number of guanidine groups is 1. The molecular formula is C19H29IN4O3. The Bertz CT molecular complexity index is 626. The Kier molecular flexibility index (Phi) is 8.75. The summed E-state index contributed by atoms with van der Waals surface area (Å²) in [4.78, 5) is 15.1. The summed E-state index contributed by atoms with van der Waals surface area (Å²) in [7, 11) is 0. The number of rotatable bonds is 6. The SMILES string of the molecule is CC(NC(=NCc1ccc([N+](=O)[O-])cc1)NC1CCCC1)C1CCCO1.I. The number of non-ortho nitro benzene ring substituents is 1. The quantitative estimate of drug-likeness (QED) is 0.209. The van der Waals surface area contributed by atoms with Crippen LogP contribution in [0.25, 0.3) is 0 Å². The Balaban J connectivity index is 0.00000261. The summed E-state index contributed by atoms with van der Waals surface area (Å²) in [5, 5.41) is 17.8. The molecule has 0 bridgehead atoms. The van der Waals surface area contributed by atoms with Crippen LogP contribution in [0.4, 0.5) is 5.69 Å². The fraction of sp³-hybridized carbons (Fsp3) is 0.632. The van der Waals surface area contributed by atoms with Gasteiger partial charge in [-0.25, -0.2) is 4.99 Å². The smallest absolute Gasteiger partial charge is 0.269 e. The summed E-state index contributed by atoms with van der Waals surface area (Å²) in [6.07, 6.45) is 7.28. The van der Waals surface area contributed by atoms with Crippen LogP contribution in [0.1, 0.15) is 51.0 Å². The molecule has 8 heteroatoms. The van der Waals surface area contributed by atoms with Crippen molar-refractivity contribution in [3.05, 3.63) is 39.9 Å². The average Bonchev–Trinajstić information content (AvgIpc) is 3.33. The maximum Gasteiger partial charge on any atom is 0.269 e. The van der Waals surface area contributed by atoms with Gasteiger partial charge in [0, 0.05) is 24.8 Å². The second kappa shape index (κ2) is 10.8. The van der Waals surface area contributed by atoms with Gasteiger partial charge < -0.3 is 15.4 Å². The fourth-order valence-electron chi connectivity index (χ4n) is 3.60. The van der Waals surface area contributed by atoms with Crippen LogP contribution in [0.5, 0.6) is 0 Å². The summed E-state index contributed by atoms with van der Waals surface area (Å²) in [5.74, 6) is 0.804. The van der Waals surface area contributed by atoms with Crippen LogP contribution in [0.2, 0.25) is 0 Å². The van der Waals surface area contributed by atoms with Crippen LogP contribution in [-0.2, 0) is 11.3 Å². The van der Waals surface area contributed by atoms with Gasteiger partial charge in [0.15, 0.2) is 5.96 Å². The van der Waals surface area contributed by atoms with Crippen LogP contribution < -0.4 is 10.6 Å². The zero-order valence-corrected chi connectivity index (χ0v) is 18.1. The maximum atomic E-state index is 10.8. The third-order valence-electron chi connectivity index (χ3n) is 5.15. The molecule has 2 atom stereocenters. The van der Waals surface area contributed by atoms with E-state index < -0.39 is 0 Å². The highest BCUT2D eigenvalue weighted by atomic mass is 127. The number of ether oxygens (including phenoxy) is 1. The van der Waals surface area contributed by atoms with E-state index in [4.69, 9.17) is 9.73 Å². The van der Waals surface area contributed by atoms with E-state index in [-0.39, 0.29) is 46.7 Å². The fourth-order valence-corrected chi connectivity index (χ4v) is 3.60. The zero-order chi connectivity index (χ0) is 18.4. The number of hydrogen-bond acceptors (Lipinski definition) is 4. The van der Waals surface area contributed by atoms with Crippen molar-refractivity contribution < 1.29 is 9.66 Å². The third-order valence-corrected chi connectivity index (χ3v) is 5.15. The molecule has 7 nitrogen and oxygen atoms in total. The first kappa shape index (κ1) is 21.9. The molecule has 1 heterocycles. The first-order chi connectivity index (χ1) is 12.6. The van der Waals surface area contributed by atoms with E-state index in [9.17, 15) is 10.1 Å². The molecule has 1 aliphatic carbocycles. The average molecular weight is 488 g/mol. The lowest BCUT2D eigenvalue weighted by atomic mass is 10.1. The molecule has 1 saturated carbocycles. The van der Waals surface area contributed by atoms with Crippen molar-refractivity contribution >= 4 is 35.6 Å². The lowest BCUT2D eigenvalue weighted by molar-refractivity contribution is -0.384. The Morgan fingerprint density at radius 1 is 1.26 bits per heavy atom. The molecule has 1 saturated heterocycles. The summed E-state index contributed by atoms with van der Waals surface area (Å²) < 4.78 is 5.77. The van der Waals surface area contributed by atoms with E-state index in [2.05, 4.69) is 17.6 Å². The molecule has 27 heavy (non-hydrogen) atoms. The second-order valence-corrected chi connectivity index (χ2v) is 7.20. The molecule has 2 N–H and O–H groups in total. The molecule has 0 radical (unpaired) electrons. The molecular weight excluding hydrogens is 459 g/mol. The molecule has 1 aromatic carbocycles. The number of benzene rings is 1. The number of nitro benzene ring substituents is 1. The summed E-state index contributed by atoms with van der Waals surface area (Å²) in [6, 6.07) is 7.24. The summed E-state index contributed by atoms with van der Waals surface area (Å²) in [6.45, 7) is 3.45. The number of halogens is 1. The summed E-state index contributed by atoms with van der Waals surface area (Å²) in [5.41, 5.74) is 1.06. The van der Waals surface area contributed by atoms with Crippen molar-refractivity contribution in [3.8, 4) is 0 Å². The van der Waals surface area contributed by atoms with Crippen molar-refractivity contribution in [1.82, 2.24) is 10.6 Å². The van der Waals surface area contributed by atoms with Gasteiger partial charge in [0.25, 0.3) is 5.69 Å². The number of nitrogens with zero attached hydrogens (tertiary/aromatic N) is 2. The van der Waals surface area contributed by atoms with Crippen LogP contribution in [0, 0.1) is 10.1 Å². The van der Waals surface area contributed by atoms with E-state index in [1.54, 1.807) is 12.1 Å². The van der Waals surface area contributed by atoms with Gasteiger partial charge in [0.2, 0.25) is 0 Å². The van der Waals surface area contributed by atoms with Crippen molar-refractivity contribution in [3.63, 3.8) is 0 Å². The van der Waals surface area contributed by atoms with Gasteiger partial charge >= 0.3 is 0 Å². The highest BCUT2D eigenvalue weighted by Gasteiger charge is 2.24. The minimum atomic E-state index is -0.384. The Morgan fingerprint density at radius 3 is 2.56 bits per heavy atom. The Morgan fingerprint density at radius 2 is 1.96 bits per heavy atom. The van der Waals surface area contributed by atoms with E-state index in [0.717, 1.165) is 31.0 Å². The van der Waals surface area contributed by atoms with Crippen molar-refractivity contribution in [2.45, 2.75) is 70.2 Å². The molecule has 0 aromatic heterocycles. The van der Waals surface area contributed by atoms with Gasteiger partial charge in [0.05, 0.1) is 23.6 Å². The van der Waals surface area contributed by atoms with Crippen LogP contribution in [0.3, 0.4) is 0 Å². The number of nitro groups is 1. The normalized spacial score (nSPS) is 21.5. The molecule has 0 amide bonds. The van der Waals surface area contributed by atoms with Gasteiger partial charge in [-0.15, -0.1) is 24.0 Å². The molecule has 2 fully saturated rings. The second-order valence-electron chi connectivity index (χ2n) is 7.20. The minimum Gasteiger partial charge on any atom is -0.376 e. The molecule has 0 spiro atoms. The number of aliphatic imine (C=N–C) groups is 1. The highest BCUT2D eigenvalue weighted by Crippen LogP contribution is 2.19. The highest BCUT2D eigenvalue weighted by molar-refractivity contribution is 14.0. The molecule has 2 aliphatic rings. The van der Waals surface area contributed by atoms with Gasteiger partial charge in [-0.1, -0.05) is 25.0 Å². The van der Waals surface area contributed by atoms with Crippen molar-refractivity contribution in [1.29, 1.82) is 0 Å². The Labute approximate surface area is 177 Å². The first-order valence-electron chi connectivity index (χ1n) is 9.54. The topological polar surface area (TPSA) is 88.8 Å². The third kappa shape index (κ3) is 6.60. The molecule has 2 unspecified atom stereocenters. The van der Waals surface area contributed by atoms with Crippen molar-refractivity contribution in [2.75, 3.05) is 6.61 Å². The van der Waals surface area contributed by atoms with Crippen LogP contribution >= 0.6 is 24.0 Å². The monoisotopic (exact) mass is 488 g/mol. The first-order valence-corrected chi connectivity index (χ1v) is 9.54. The van der Waals surface area contributed by atoms with Crippen LogP contribution in [-0.4, -0.2) is 35.7 Å². The molecule has 1 aliphatic heterocycles. The van der Waals surface area contributed by atoms with Gasteiger partial charge in [-0.3, -0.25) is 10.1 Å². The van der Waals surface area contributed by atoms with E-state index in [1.165, 1.54) is 37.8 Å². The maximum absolute atomic E-state index is 10.8. The summed E-state index contributed by atoms with van der Waals surface area (Å²) >= 11 is 0. The van der Waals surface area contributed by atoms with Gasteiger partial charge in [-0.2, -0.15) is 0 Å². The van der Waals surface area contributed by atoms with Gasteiger partial charge in [-0.05, 0) is 38.2 Å². The zero-order valence-electron chi connectivity index (χ0n) is 15.7. The van der Waals surface area contributed by atoms with E-state index in [1.807, 2.05) is 0 Å². The number of nitrogens with one attached hydrogen (secondary N) is 2. The van der Waals surface area contributed by atoms with Crippen molar-refractivity contribution in [2.24, 2.45) is 4.99 Å². The van der Waals surface area contributed by atoms with Crippen LogP contribution in [0.15, 0.2) is 29.3 Å². The minimum absolute atomic E-state index is 0. The standard InChI is InChI=1S/C19H28N4O3.HI/c1-14(18-7-4-12-26-18)21-19(22-16-5-2-3-6-16)20-13-15-8-10-17(11-9-15)23(24)25;/h8-11,14,16,18H,2-7,12-13H2,1H3,(H2,20,21,22);1H. The molecule has 150 valence electrons. The molecule has 1 aromatic rings. The number of hydrogen-bond donors (Lipinski definition) is 2. The van der Waals surface area contributed by atoms with Gasteiger partial charge in [0.1, 0.15) is 0 Å². The van der Waals surface area contributed by atoms with E-state index in [0.29, 0.717) is 12.6 Å². The predicted octanol–water partition coefficient (Wildman–Crippen LogP) is 3.76. The van der Waals surface area contributed by atoms with E-state index >= 15 is 0 Å². The predicted molar refractivity (Wildman–Crippen MR) is 117 cm³/mol. The largest absolute Gasteiger partial charge is 0.376 e. The lowest BCUT2D eigenvalue weighted by Crippen LogP contribution is -2.49.